The maximum atomic E-state index is 6.09. The van der Waals surface area contributed by atoms with Crippen molar-refractivity contribution >= 4 is 0 Å². The quantitative estimate of drug-likeness (QED) is 0.890. The van der Waals surface area contributed by atoms with Gasteiger partial charge in [0.25, 0.3) is 0 Å². The molecule has 0 aliphatic carbocycles. The van der Waals surface area contributed by atoms with Crippen molar-refractivity contribution in [2.24, 2.45) is 0 Å². The van der Waals surface area contributed by atoms with Gasteiger partial charge < -0.3 is 14.8 Å². The molecule has 3 nitrogen and oxygen atoms in total. The first kappa shape index (κ1) is 12.0. The zero-order valence-electron chi connectivity index (χ0n) is 10.7. The summed E-state index contributed by atoms with van der Waals surface area (Å²) in [6.07, 6.45) is 5.04. The Hall–Kier alpha value is -1.06. The summed E-state index contributed by atoms with van der Waals surface area (Å²) in [6, 6.07) is 8.89. The number of rotatable bonds is 3. The number of piperidine rings is 1. The predicted octanol–water partition coefficient (Wildman–Crippen LogP) is 2.67. The summed E-state index contributed by atoms with van der Waals surface area (Å²) in [5, 5.41) is 3.59. The highest BCUT2D eigenvalue weighted by atomic mass is 16.5. The van der Waals surface area contributed by atoms with Crippen molar-refractivity contribution < 1.29 is 9.47 Å². The van der Waals surface area contributed by atoms with Crippen molar-refractivity contribution in [3.05, 3.63) is 29.8 Å². The Morgan fingerprint density at radius 2 is 2.11 bits per heavy atom. The van der Waals surface area contributed by atoms with Crippen LogP contribution in [0.1, 0.15) is 37.3 Å². The van der Waals surface area contributed by atoms with Gasteiger partial charge in [-0.3, -0.25) is 0 Å². The first-order valence-electron chi connectivity index (χ1n) is 7.00. The molecule has 0 spiro atoms. The Morgan fingerprint density at radius 3 is 2.89 bits per heavy atom. The minimum absolute atomic E-state index is 0.231. The fraction of sp³-hybridized carbons (Fsp3) is 0.600. The molecular formula is C15H21NO2. The molecule has 2 saturated heterocycles. The van der Waals surface area contributed by atoms with Gasteiger partial charge in [-0.1, -0.05) is 24.6 Å². The van der Waals surface area contributed by atoms with E-state index in [9.17, 15) is 0 Å². The summed E-state index contributed by atoms with van der Waals surface area (Å²) >= 11 is 0. The number of hydrogen-bond donors (Lipinski definition) is 1. The average Bonchev–Trinajstić information content (AvgIpc) is 2.93. The molecule has 2 heterocycles. The van der Waals surface area contributed by atoms with Crippen LogP contribution in [-0.2, 0) is 4.74 Å². The van der Waals surface area contributed by atoms with Gasteiger partial charge in [-0.2, -0.15) is 0 Å². The number of nitrogens with one attached hydrogen (secondary N) is 1. The molecular weight excluding hydrogens is 226 g/mol. The molecule has 2 unspecified atom stereocenters. The van der Waals surface area contributed by atoms with E-state index in [1.165, 1.54) is 24.8 Å². The van der Waals surface area contributed by atoms with Crippen LogP contribution >= 0.6 is 0 Å². The van der Waals surface area contributed by atoms with Crippen LogP contribution in [0.25, 0.3) is 0 Å². The van der Waals surface area contributed by atoms with E-state index < -0.39 is 0 Å². The van der Waals surface area contributed by atoms with Crippen LogP contribution in [0.15, 0.2) is 24.3 Å². The zero-order chi connectivity index (χ0) is 12.2. The van der Waals surface area contributed by atoms with E-state index >= 15 is 0 Å². The van der Waals surface area contributed by atoms with Gasteiger partial charge in [0, 0.05) is 18.0 Å². The van der Waals surface area contributed by atoms with E-state index in [1.807, 2.05) is 0 Å². The third-order valence-corrected chi connectivity index (χ3v) is 3.79. The third-order valence-electron chi connectivity index (χ3n) is 3.79. The van der Waals surface area contributed by atoms with E-state index in [1.54, 1.807) is 0 Å². The fourth-order valence-electron chi connectivity index (χ4n) is 2.78. The Labute approximate surface area is 108 Å². The van der Waals surface area contributed by atoms with Crippen LogP contribution in [0.2, 0.25) is 0 Å². The minimum atomic E-state index is 0.231. The zero-order valence-corrected chi connectivity index (χ0v) is 10.7. The Bertz CT molecular complexity index is 382. The Balaban J connectivity index is 1.75. The molecule has 1 aromatic rings. The van der Waals surface area contributed by atoms with Crippen molar-refractivity contribution in [3.8, 4) is 5.75 Å². The maximum Gasteiger partial charge on any atom is 0.124 e. The van der Waals surface area contributed by atoms with E-state index in [0.29, 0.717) is 6.04 Å². The van der Waals surface area contributed by atoms with Crippen molar-refractivity contribution in [2.75, 3.05) is 19.8 Å². The highest BCUT2D eigenvalue weighted by Gasteiger charge is 2.22. The van der Waals surface area contributed by atoms with Gasteiger partial charge in [0.2, 0.25) is 0 Å². The molecule has 1 aromatic carbocycles. The molecule has 0 bridgehead atoms. The molecule has 3 rings (SSSR count). The van der Waals surface area contributed by atoms with Crippen molar-refractivity contribution in [1.82, 2.24) is 5.32 Å². The highest BCUT2D eigenvalue weighted by Crippen LogP contribution is 2.31. The molecule has 2 aliphatic rings. The second-order valence-electron chi connectivity index (χ2n) is 5.14. The van der Waals surface area contributed by atoms with Gasteiger partial charge in [0.05, 0.1) is 13.2 Å². The topological polar surface area (TPSA) is 30.5 Å². The molecule has 0 saturated carbocycles. The number of ether oxygens (including phenoxy) is 2. The molecule has 98 valence electrons. The summed E-state index contributed by atoms with van der Waals surface area (Å²) in [5.41, 5.74) is 1.31. The molecule has 3 heteroatoms. The molecule has 1 N–H and O–H groups in total. The Kier molecular flexibility index (Phi) is 3.81. The van der Waals surface area contributed by atoms with Crippen LogP contribution in [0, 0.1) is 0 Å². The van der Waals surface area contributed by atoms with Crippen LogP contribution in [0.5, 0.6) is 5.75 Å². The van der Waals surface area contributed by atoms with Gasteiger partial charge in [-0.15, -0.1) is 0 Å². The number of hydrogen-bond acceptors (Lipinski definition) is 3. The van der Waals surface area contributed by atoms with Crippen LogP contribution < -0.4 is 10.1 Å². The number of benzene rings is 1. The van der Waals surface area contributed by atoms with Gasteiger partial charge in [0.15, 0.2) is 0 Å². The molecule has 0 aromatic heterocycles. The Morgan fingerprint density at radius 1 is 1.17 bits per heavy atom. The lowest BCUT2D eigenvalue weighted by Gasteiger charge is -2.26. The van der Waals surface area contributed by atoms with E-state index in [2.05, 4.69) is 29.6 Å². The van der Waals surface area contributed by atoms with Crippen molar-refractivity contribution in [3.63, 3.8) is 0 Å². The standard InChI is InChI=1S/C15H21NO2/c1-2-7-15(18-12-8-10-17-11-12)13(5-1)14-6-3-4-9-16-14/h1-2,5,7,12,14,16H,3-4,6,8-11H2. The van der Waals surface area contributed by atoms with Gasteiger partial charge >= 0.3 is 0 Å². The van der Waals surface area contributed by atoms with Gasteiger partial charge in [-0.25, -0.2) is 0 Å². The normalized spacial score (nSPS) is 28.2. The molecule has 18 heavy (non-hydrogen) atoms. The van der Waals surface area contributed by atoms with E-state index in [0.717, 1.165) is 31.9 Å². The van der Waals surface area contributed by atoms with Gasteiger partial charge in [0.1, 0.15) is 11.9 Å². The van der Waals surface area contributed by atoms with Crippen molar-refractivity contribution in [1.29, 1.82) is 0 Å². The largest absolute Gasteiger partial charge is 0.488 e. The summed E-state index contributed by atoms with van der Waals surface area (Å²) in [4.78, 5) is 0. The molecule has 2 aliphatic heterocycles. The predicted molar refractivity (Wildman–Crippen MR) is 70.9 cm³/mol. The molecule has 2 fully saturated rings. The third kappa shape index (κ3) is 2.68. The van der Waals surface area contributed by atoms with Crippen LogP contribution in [0.3, 0.4) is 0 Å². The van der Waals surface area contributed by atoms with E-state index in [-0.39, 0.29) is 6.10 Å². The van der Waals surface area contributed by atoms with Crippen LogP contribution in [0.4, 0.5) is 0 Å². The first-order chi connectivity index (χ1) is 8.93. The monoisotopic (exact) mass is 247 g/mol. The lowest BCUT2D eigenvalue weighted by Crippen LogP contribution is -2.27. The van der Waals surface area contributed by atoms with E-state index in [4.69, 9.17) is 9.47 Å². The molecule has 2 atom stereocenters. The highest BCUT2D eigenvalue weighted by molar-refractivity contribution is 5.36. The SMILES string of the molecule is c1ccc(C2CCCCN2)c(OC2CCOC2)c1. The summed E-state index contributed by atoms with van der Waals surface area (Å²) in [5.74, 6) is 1.03. The second kappa shape index (κ2) is 5.72. The fourth-order valence-corrected chi connectivity index (χ4v) is 2.78. The lowest BCUT2D eigenvalue weighted by atomic mass is 9.97. The smallest absolute Gasteiger partial charge is 0.124 e. The second-order valence-corrected chi connectivity index (χ2v) is 5.14. The maximum absolute atomic E-state index is 6.09. The number of para-hydroxylation sites is 1. The summed E-state index contributed by atoms with van der Waals surface area (Å²) in [7, 11) is 0. The van der Waals surface area contributed by atoms with Crippen LogP contribution in [-0.4, -0.2) is 25.9 Å². The molecule has 0 amide bonds. The average molecular weight is 247 g/mol. The van der Waals surface area contributed by atoms with Gasteiger partial charge in [-0.05, 0) is 25.5 Å². The first-order valence-corrected chi connectivity index (χ1v) is 7.00. The summed E-state index contributed by atoms with van der Waals surface area (Å²) in [6.45, 7) is 2.67. The summed E-state index contributed by atoms with van der Waals surface area (Å²) < 4.78 is 11.5. The van der Waals surface area contributed by atoms with Crippen molar-refractivity contribution in [2.45, 2.75) is 37.8 Å². The minimum Gasteiger partial charge on any atom is -0.488 e. The lowest BCUT2D eigenvalue weighted by molar-refractivity contribution is 0.140. The molecule has 0 radical (unpaired) electrons.